The molecule has 2 unspecified atom stereocenters. The van der Waals surface area contributed by atoms with Gasteiger partial charge in [0, 0.05) is 59.8 Å². The average molecular weight is 435 g/mol. The third-order valence-corrected chi connectivity index (χ3v) is 6.86. The van der Waals surface area contributed by atoms with Gasteiger partial charge in [-0.15, -0.1) is 0 Å². The fraction of sp³-hybridized carbons (Fsp3) is 0.261. The Hall–Kier alpha value is -3.26. The van der Waals surface area contributed by atoms with E-state index < -0.39 is 10.8 Å². The number of benzene rings is 2. The van der Waals surface area contributed by atoms with Gasteiger partial charge in [-0.1, -0.05) is 12.1 Å². The summed E-state index contributed by atoms with van der Waals surface area (Å²) in [5, 5.41) is 8.95. The molecule has 4 aromatic rings. The third kappa shape index (κ3) is 4.29. The van der Waals surface area contributed by atoms with Crippen molar-refractivity contribution in [3.05, 3.63) is 66.0 Å². The second kappa shape index (κ2) is 8.47. The van der Waals surface area contributed by atoms with Gasteiger partial charge in [-0.05, 0) is 55.8 Å². The second-order valence-electron chi connectivity index (χ2n) is 7.60. The summed E-state index contributed by atoms with van der Waals surface area (Å²) in [6, 6.07) is 16.0. The van der Waals surface area contributed by atoms with Crippen LogP contribution < -0.4 is 10.2 Å². The van der Waals surface area contributed by atoms with Crippen molar-refractivity contribution in [2.24, 2.45) is 7.05 Å². The number of fused-ring (bicyclic) bond motifs is 1. The van der Waals surface area contributed by atoms with Gasteiger partial charge < -0.3 is 10.2 Å². The molecule has 160 valence electrons. The van der Waals surface area contributed by atoms with E-state index in [0.717, 1.165) is 39.4 Å². The smallest absolute Gasteiger partial charge is 0.229 e. The van der Waals surface area contributed by atoms with Crippen molar-refractivity contribution >= 4 is 44.8 Å². The summed E-state index contributed by atoms with van der Waals surface area (Å²) in [7, 11) is 3.00. The largest absolute Gasteiger partial charge is 0.329 e. The number of rotatable bonds is 6. The summed E-state index contributed by atoms with van der Waals surface area (Å²) in [5.74, 6) is 1.27. The lowest BCUT2D eigenvalue weighted by Gasteiger charge is -2.19. The van der Waals surface area contributed by atoms with Crippen molar-refractivity contribution in [1.82, 2.24) is 19.7 Å². The quantitative estimate of drug-likeness (QED) is 0.477. The van der Waals surface area contributed by atoms with E-state index in [4.69, 9.17) is 0 Å². The van der Waals surface area contributed by atoms with Gasteiger partial charge in [0.2, 0.25) is 5.95 Å². The zero-order chi connectivity index (χ0) is 22.1. The van der Waals surface area contributed by atoms with Crippen LogP contribution in [0.15, 0.2) is 54.7 Å². The number of aromatic nitrogens is 4. The van der Waals surface area contributed by atoms with Gasteiger partial charge in [-0.3, -0.25) is 8.89 Å². The number of hydrogen-bond acceptors (Lipinski definition) is 6. The number of hydrogen-bond donors (Lipinski definition) is 1. The predicted molar refractivity (Wildman–Crippen MR) is 128 cm³/mol. The molecule has 2 aromatic heterocycles. The summed E-state index contributed by atoms with van der Waals surface area (Å²) in [6.07, 6.45) is 3.45. The number of nitrogens with one attached hydrogen (secondary N) is 1. The Morgan fingerprint density at radius 2 is 1.97 bits per heavy atom. The first-order valence-corrected chi connectivity index (χ1v) is 11.6. The van der Waals surface area contributed by atoms with Crippen molar-refractivity contribution in [3.63, 3.8) is 0 Å². The summed E-state index contributed by atoms with van der Waals surface area (Å²) >= 11 is 0. The molecule has 0 aliphatic carbocycles. The zero-order valence-electron chi connectivity index (χ0n) is 18.3. The highest BCUT2D eigenvalue weighted by molar-refractivity contribution is 7.84. The fourth-order valence-electron chi connectivity index (χ4n) is 3.45. The van der Waals surface area contributed by atoms with Crippen molar-refractivity contribution in [2.75, 3.05) is 23.5 Å². The highest BCUT2D eigenvalue weighted by atomic mass is 32.2. The highest BCUT2D eigenvalue weighted by Gasteiger charge is 2.12. The molecule has 2 atom stereocenters. The van der Waals surface area contributed by atoms with E-state index in [1.165, 1.54) is 0 Å². The van der Waals surface area contributed by atoms with Crippen LogP contribution in [-0.4, -0.2) is 37.3 Å². The van der Waals surface area contributed by atoms with Crippen LogP contribution in [0.1, 0.15) is 23.4 Å². The zero-order valence-corrected chi connectivity index (χ0v) is 19.1. The van der Waals surface area contributed by atoms with E-state index in [1.807, 2.05) is 60.9 Å². The Morgan fingerprint density at radius 3 is 2.74 bits per heavy atom. The van der Waals surface area contributed by atoms with Crippen LogP contribution in [0.3, 0.4) is 0 Å². The molecule has 2 heterocycles. The Morgan fingerprint density at radius 1 is 1.16 bits per heavy atom. The van der Waals surface area contributed by atoms with Crippen molar-refractivity contribution in [1.29, 1.82) is 0 Å². The summed E-state index contributed by atoms with van der Waals surface area (Å²) in [4.78, 5) is 11.0. The minimum atomic E-state index is -0.930. The maximum atomic E-state index is 11.8. The monoisotopic (exact) mass is 434 g/mol. The molecule has 2 aromatic carbocycles. The fourth-order valence-corrected chi connectivity index (χ4v) is 3.98. The topological polar surface area (TPSA) is 75.9 Å². The summed E-state index contributed by atoms with van der Waals surface area (Å²) in [6.45, 7) is 4.02. The Labute approximate surface area is 184 Å². The third-order valence-electron chi connectivity index (χ3n) is 5.60. The second-order valence-corrected chi connectivity index (χ2v) is 9.30. The van der Waals surface area contributed by atoms with Gasteiger partial charge in [0.15, 0.2) is 0 Å². The Kier molecular flexibility index (Phi) is 5.73. The van der Waals surface area contributed by atoms with Crippen LogP contribution in [0.25, 0.3) is 10.9 Å². The van der Waals surface area contributed by atoms with Gasteiger partial charge in [0.05, 0.1) is 10.8 Å². The lowest BCUT2D eigenvalue weighted by atomic mass is 10.1. The first-order chi connectivity index (χ1) is 14.8. The molecule has 0 bridgehead atoms. The summed E-state index contributed by atoms with van der Waals surface area (Å²) < 4.78 is 13.7. The van der Waals surface area contributed by atoms with Gasteiger partial charge in [0.25, 0.3) is 0 Å². The van der Waals surface area contributed by atoms with Crippen molar-refractivity contribution in [2.45, 2.75) is 19.1 Å². The van der Waals surface area contributed by atoms with Crippen LogP contribution in [0.5, 0.6) is 0 Å². The van der Waals surface area contributed by atoms with Crippen LogP contribution in [-0.2, 0) is 17.8 Å². The van der Waals surface area contributed by atoms with Gasteiger partial charge in [0.1, 0.15) is 5.82 Å². The molecule has 0 saturated heterocycles. The van der Waals surface area contributed by atoms with Crippen molar-refractivity contribution < 1.29 is 4.21 Å². The molecule has 8 heteroatoms. The van der Waals surface area contributed by atoms with E-state index in [1.54, 1.807) is 12.5 Å². The molecule has 31 heavy (non-hydrogen) atoms. The standard InChI is InChI=1S/C23H26N6OS/c1-15-20-10-9-19(14-21(20)27-29(15)4)28(3)22-11-12-24-23(26-22)25-18-8-6-7-17(13-18)16(2)31(5)30/h6-14,16H,1-5H3,(H,24,25,26). The lowest BCUT2D eigenvalue weighted by molar-refractivity contribution is 0.680. The minimum Gasteiger partial charge on any atom is -0.329 e. The average Bonchev–Trinajstić information content (AvgIpc) is 3.06. The molecule has 1 N–H and O–H groups in total. The normalized spacial score (nSPS) is 13.2. The molecule has 0 aliphatic heterocycles. The van der Waals surface area contributed by atoms with Gasteiger partial charge >= 0.3 is 0 Å². The Balaban J connectivity index is 1.58. The van der Waals surface area contributed by atoms with Crippen LogP contribution in [0.4, 0.5) is 23.1 Å². The molecule has 0 spiro atoms. The van der Waals surface area contributed by atoms with Gasteiger partial charge in [-0.2, -0.15) is 10.1 Å². The van der Waals surface area contributed by atoms with Crippen molar-refractivity contribution in [3.8, 4) is 0 Å². The highest BCUT2D eigenvalue weighted by Crippen LogP contribution is 2.28. The lowest BCUT2D eigenvalue weighted by Crippen LogP contribution is -2.12. The number of aryl methyl sites for hydroxylation is 2. The van der Waals surface area contributed by atoms with Crippen LogP contribution in [0.2, 0.25) is 0 Å². The Bertz CT molecular complexity index is 1270. The SMILES string of the molecule is Cc1c2ccc(N(C)c3ccnc(Nc4cccc(C(C)S(C)=O)c4)n3)cc2nn1C. The molecule has 0 radical (unpaired) electrons. The molecule has 0 saturated carbocycles. The van der Waals surface area contributed by atoms with E-state index in [9.17, 15) is 4.21 Å². The molecule has 0 aliphatic rings. The van der Waals surface area contributed by atoms with Gasteiger partial charge in [-0.25, -0.2) is 4.98 Å². The molecular weight excluding hydrogens is 408 g/mol. The molecule has 4 rings (SSSR count). The van der Waals surface area contributed by atoms with E-state index in [0.29, 0.717) is 5.95 Å². The predicted octanol–water partition coefficient (Wildman–Crippen LogP) is 4.62. The molecule has 0 fully saturated rings. The van der Waals surface area contributed by atoms with E-state index in [-0.39, 0.29) is 5.25 Å². The molecular formula is C23H26N6OS. The molecule has 7 nitrogen and oxygen atoms in total. The van der Waals surface area contributed by atoms with Crippen LogP contribution >= 0.6 is 0 Å². The first-order valence-electron chi connectivity index (χ1n) is 10.0. The minimum absolute atomic E-state index is 0.0368. The summed E-state index contributed by atoms with van der Waals surface area (Å²) in [5.41, 5.74) is 4.96. The first kappa shape index (κ1) is 21.0. The van der Waals surface area contributed by atoms with E-state index in [2.05, 4.69) is 45.5 Å². The van der Waals surface area contributed by atoms with Crippen LogP contribution in [0, 0.1) is 6.92 Å². The maximum absolute atomic E-state index is 11.8. The van der Waals surface area contributed by atoms with E-state index >= 15 is 0 Å². The number of nitrogens with zero attached hydrogens (tertiary/aromatic N) is 5. The number of anilines is 4. The maximum Gasteiger partial charge on any atom is 0.229 e. The molecule has 0 amide bonds.